The minimum atomic E-state index is 0.508. The van der Waals surface area contributed by atoms with Gasteiger partial charge < -0.3 is 9.64 Å². The van der Waals surface area contributed by atoms with Gasteiger partial charge in [0, 0.05) is 31.0 Å². The number of anilines is 1. The molecule has 102 valence electrons. The molecule has 5 heteroatoms. The number of carbonyl (C=O) groups excluding carboxylic acids is 1. The molecule has 5 nitrogen and oxygen atoms in total. The molecule has 0 atom stereocenters. The summed E-state index contributed by atoms with van der Waals surface area (Å²) in [5, 5.41) is 0. The van der Waals surface area contributed by atoms with Gasteiger partial charge in [0.15, 0.2) is 5.82 Å². The molecule has 1 fully saturated rings. The normalized spacial score (nSPS) is 14.3. The molecular weight excluding hydrogens is 254 g/mol. The summed E-state index contributed by atoms with van der Waals surface area (Å²) >= 11 is 0. The first-order valence-electron chi connectivity index (χ1n) is 6.66. The molecule has 1 saturated heterocycles. The topological polar surface area (TPSA) is 55.3 Å². The molecule has 1 aromatic carbocycles. The SMILES string of the molecule is O=Cc1ccc(Oc2nccnc2N2CCCC2)cc1. The molecule has 3 rings (SSSR count). The molecule has 1 aliphatic rings. The molecule has 0 spiro atoms. The van der Waals surface area contributed by atoms with Gasteiger partial charge >= 0.3 is 0 Å². The summed E-state index contributed by atoms with van der Waals surface area (Å²) in [6.07, 6.45) is 6.44. The molecular formula is C15H15N3O2. The summed E-state index contributed by atoms with van der Waals surface area (Å²) in [6.45, 7) is 1.97. The largest absolute Gasteiger partial charge is 0.436 e. The van der Waals surface area contributed by atoms with Crippen LogP contribution >= 0.6 is 0 Å². The molecule has 0 radical (unpaired) electrons. The van der Waals surface area contributed by atoms with Gasteiger partial charge in [0.1, 0.15) is 12.0 Å². The Labute approximate surface area is 117 Å². The number of ether oxygens (including phenoxy) is 1. The minimum absolute atomic E-state index is 0.508. The molecule has 20 heavy (non-hydrogen) atoms. The van der Waals surface area contributed by atoms with Crippen LogP contribution in [-0.2, 0) is 0 Å². The van der Waals surface area contributed by atoms with Crippen molar-refractivity contribution in [2.75, 3.05) is 18.0 Å². The Morgan fingerprint density at radius 1 is 1.05 bits per heavy atom. The lowest BCUT2D eigenvalue weighted by molar-refractivity contribution is 0.112. The third-order valence-corrected chi connectivity index (χ3v) is 3.28. The number of nitrogens with zero attached hydrogens (tertiary/aromatic N) is 3. The summed E-state index contributed by atoms with van der Waals surface area (Å²) in [7, 11) is 0. The smallest absolute Gasteiger partial charge is 0.263 e. The monoisotopic (exact) mass is 269 g/mol. The van der Waals surface area contributed by atoms with E-state index in [1.165, 1.54) is 12.8 Å². The van der Waals surface area contributed by atoms with E-state index < -0.39 is 0 Å². The van der Waals surface area contributed by atoms with Gasteiger partial charge in [-0.1, -0.05) is 0 Å². The van der Waals surface area contributed by atoms with Crippen LogP contribution in [0.1, 0.15) is 23.2 Å². The molecule has 0 aliphatic carbocycles. The quantitative estimate of drug-likeness (QED) is 0.799. The predicted molar refractivity (Wildman–Crippen MR) is 75.4 cm³/mol. The number of rotatable bonds is 4. The summed E-state index contributed by atoms with van der Waals surface area (Å²) in [6, 6.07) is 6.95. The maximum Gasteiger partial charge on any atom is 0.263 e. The van der Waals surface area contributed by atoms with E-state index in [1.807, 2.05) is 0 Å². The lowest BCUT2D eigenvalue weighted by Gasteiger charge is -2.18. The van der Waals surface area contributed by atoms with Crippen LogP contribution in [0.2, 0.25) is 0 Å². The maximum absolute atomic E-state index is 10.6. The number of aldehydes is 1. The molecule has 1 aromatic heterocycles. The first-order chi connectivity index (χ1) is 9.86. The van der Waals surface area contributed by atoms with Gasteiger partial charge in [-0.05, 0) is 37.1 Å². The molecule has 1 aliphatic heterocycles. The van der Waals surface area contributed by atoms with Crippen molar-refractivity contribution in [3.05, 3.63) is 42.2 Å². The van der Waals surface area contributed by atoms with Gasteiger partial charge in [0.05, 0.1) is 0 Å². The molecule has 0 saturated carbocycles. The van der Waals surface area contributed by atoms with Gasteiger partial charge in [-0.2, -0.15) is 0 Å². The standard InChI is InChI=1S/C15H15N3O2/c19-11-12-3-5-13(6-4-12)20-15-14(16-7-8-17-15)18-9-1-2-10-18/h3-8,11H,1-2,9-10H2. The maximum atomic E-state index is 10.6. The zero-order chi connectivity index (χ0) is 13.8. The second kappa shape index (κ2) is 5.69. The van der Waals surface area contributed by atoms with E-state index in [9.17, 15) is 4.79 Å². The first kappa shape index (κ1) is 12.6. The molecule has 0 bridgehead atoms. The molecule has 2 heterocycles. The van der Waals surface area contributed by atoms with Crippen LogP contribution in [0.3, 0.4) is 0 Å². The van der Waals surface area contributed by atoms with E-state index in [2.05, 4.69) is 14.9 Å². The van der Waals surface area contributed by atoms with Gasteiger partial charge in [-0.3, -0.25) is 4.79 Å². The van der Waals surface area contributed by atoms with Gasteiger partial charge in [-0.15, -0.1) is 0 Å². The Balaban J connectivity index is 1.84. The Bertz CT molecular complexity index is 592. The van der Waals surface area contributed by atoms with Crippen molar-refractivity contribution in [2.24, 2.45) is 0 Å². The van der Waals surface area contributed by atoms with Crippen LogP contribution in [0.15, 0.2) is 36.7 Å². The second-order valence-electron chi connectivity index (χ2n) is 4.67. The highest BCUT2D eigenvalue weighted by molar-refractivity contribution is 5.74. The van der Waals surface area contributed by atoms with Crippen LogP contribution in [0, 0.1) is 0 Å². The van der Waals surface area contributed by atoms with E-state index in [0.717, 1.165) is 25.2 Å². The van der Waals surface area contributed by atoms with E-state index in [-0.39, 0.29) is 0 Å². The van der Waals surface area contributed by atoms with Gasteiger partial charge in [0.25, 0.3) is 5.88 Å². The van der Waals surface area contributed by atoms with E-state index in [1.54, 1.807) is 36.7 Å². The minimum Gasteiger partial charge on any atom is -0.436 e. The second-order valence-corrected chi connectivity index (χ2v) is 4.67. The average Bonchev–Trinajstić information content (AvgIpc) is 3.03. The van der Waals surface area contributed by atoms with Gasteiger partial charge in [0.2, 0.25) is 0 Å². The Kier molecular flexibility index (Phi) is 3.58. The van der Waals surface area contributed by atoms with Crippen LogP contribution < -0.4 is 9.64 Å². The Morgan fingerprint density at radius 3 is 2.45 bits per heavy atom. The fraction of sp³-hybridized carbons (Fsp3) is 0.267. The van der Waals surface area contributed by atoms with Crippen molar-refractivity contribution in [2.45, 2.75) is 12.8 Å². The number of benzene rings is 1. The van der Waals surface area contributed by atoms with Crippen LogP contribution in [0.4, 0.5) is 5.82 Å². The molecule has 0 unspecified atom stereocenters. The van der Waals surface area contributed by atoms with Crippen molar-refractivity contribution in [3.63, 3.8) is 0 Å². The van der Waals surface area contributed by atoms with Crippen molar-refractivity contribution >= 4 is 12.1 Å². The van der Waals surface area contributed by atoms with E-state index in [0.29, 0.717) is 17.2 Å². The number of hydrogen-bond acceptors (Lipinski definition) is 5. The van der Waals surface area contributed by atoms with Crippen LogP contribution in [0.25, 0.3) is 0 Å². The number of aromatic nitrogens is 2. The molecule has 0 amide bonds. The predicted octanol–water partition coefficient (Wildman–Crippen LogP) is 2.68. The third kappa shape index (κ3) is 2.61. The third-order valence-electron chi connectivity index (χ3n) is 3.28. The zero-order valence-electron chi connectivity index (χ0n) is 11.0. The molecule has 0 N–H and O–H groups in total. The van der Waals surface area contributed by atoms with Crippen molar-refractivity contribution in [1.82, 2.24) is 9.97 Å². The van der Waals surface area contributed by atoms with Crippen molar-refractivity contribution in [1.29, 1.82) is 0 Å². The van der Waals surface area contributed by atoms with Crippen LogP contribution in [-0.4, -0.2) is 29.3 Å². The molecule has 2 aromatic rings. The fourth-order valence-corrected chi connectivity index (χ4v) is 2.26. The first-order valence-corrected chi connectivity index (χ1v) is 6.66. The zero-order valence-corrected chi connectivity index (χ0v) is 11.0. The van der Waals surface area contributed by atoms with E-state index in [4.69, 9.17) is 4.74 Å². The van der Waals surface area contributed by atoms with Crippen molar-refractivity contribution in [3.8, 4) is 11.6 Å². The lowest BCUT2D eigenvalue weighted by atomic mass is 10.2. The van der Waals surface area contributed by atoms with Crippen LogP contribution in [0.5, 0.6) is 11.6 Å². The van der Waals surface area contributed by atoms with Gasteiger partial charge in [-0.25, -0.2) is 9.97 Å². The summed E-state index contributed by atoms with van der Waals surface area (Å²) in [4.78, 5) is 21.5. The summed E-state index contributed by atoms with van der Waals surface area (Å²) in [5.74, 6) is 1.94. The Hall–Kier alpha value is -2.43. The lowest BCUT2D eigenvalue weighted by Crippen LogP contribution is -2.20. The number of hydrogen-bond donors (Lipinski definition) is 0. The number of carbonyl (C=O) groups is 1. The van der Waals surface area contributed by atoms with E-state index >= 15 is 0 Å². The highest BCUT2D eigenvalue weighted by Gasteiger charge is 2.19. The Morgan fingerprint density at radius 2 is 1.75 bits per heavy atom. The summed E-state index contributed by atoms with van der Waals surface area (Å²) in [5.41, 5.74) is 0.622. The van der Waals surface area contributed by atoms with Crippen molar-refractivity contribution < 1.29 is 9.53 Å². The highest BCUT2D eigenvalue weighted by atomic mass is 16.5. The fourth-order valence-electron chi connectivity index (χ4n) is 2.26. The average molecular weight is 269 g/mol. The summed E-state index contributed by atoms with van der Waals surface area (Å²) < 4.78 is 5.79. The highest BCUT2D eigenvalue weighted by Crippen LogP contribution is 2.29.